The van der Waals surface area contributed by atoms with Crippen LogP contribution in [0.4, 0.5) is 0 Å². The topological polar surface area (TPSA) is 69.7 Å². The van der Waals surface area contributed by atoms with E-state index in [2.05, 4.69) is 12.6 Å². The Kier molecular flexibility index (Phi) is 5.18. The predicted molar refractivity (Wildman–Crippen MR) is 115 cm³/mol. The molecule has 6 heteroatoms. The maximum absolute atomic E-state index is 13.3. The van der Waals surface area contributed by atoms with Crippen molar-refractivity contribution in [1.29, 1.82) is 0 Å². The molecule has 1 aliphatic rings. The average molecular weight is 418 g/mol. The van der Waals surface area contributed by atoms with Gasteiger partial charge in [-0.25, -0.2) is 0 Å². The van der Waals surface area contributed by atoms with Gasteiger partial charge in [-0.3, -0.25) is 14.4 Å². The second-order valence-electron chi connectivity index (χ2n) is 6.90. The fraction of sp³-hybridized carbons (Fsp3) is 0.125. The second-order valence-corrected chi connectivity index (χ2v) is 7.31. The van der Waals surface area contributed by atoms with E-state index < -0.39 is 0 Å². The lowest BCUT2D eigenvalue weighted by molar-refractivity contribution is 0.0974. The summed E-state index contributed by atoms with van der Waals surface area (Å²) in [5.41, 5.74) is 3.07. The van der Waals surface area contributed by atoms with Gasteiger partial charge in [0.05, 0.1) is 25.3 Å². The number of methoxy groups -OCH3 is 2. The van der Waals surface area contributed by atoms with E-state index in [1.54, 1.807) is 42.5 Å². The van der Waals surface area contributed by atoms with E-state index in [0.29, 0.717) is 29.0 Å². The van der Waals surface area contributed by atoms with E-state index in [9.17, 15) is 14.4 Å². The molecule has 4 rings (SSSR count). The number of carbonyl (C=O) groups is 3. The molecule has 0 saturated carbocycles. The summed E-state index contributed by atoms with van der Waals surface area (Å²) >= 11 is 3.94. The molecule has 30 heavy (non-hydrogen) atoms. The summed E-state index contributed by atoms with van der Waals surface area (Å²) in [6.45, 7) is 0. The van der Waals surface area contributed by atoms with Gasteiger partial charge in [-0.1, -0.05) is 36.4 Å². The molecule has 0 atom stereocenters. The standard InChI is InChI=1S/C24H18O5S/c1-28-18-9-5-8-16-20(18)23(26)21-17(22(16)25)11-13(12-19(21)29-2)10-14-6-3-4-7-15(14)24(27)30/h3-9,11-12H,10H2,1-2H3,(H,27,30). The minimum Gasteiger partial charge on any atom is -0.496 e. The van der Waals surface area contributed by atoms with E-state index >= 15 is 0 Å². The highest BCUT2D eigenvalue weighted by Crippen LogP contribution is 2.38. The van der Waals surface area contributed by atoms with E-state index in [1.165, 1.54) is 14.2 Å². The second kappa shape index (κ2) is 7.80. The molecule has 0 aliphatic heterocycles. The molecule has 0 heterocycles. The van der Waals surface area contributed by atoms with Crippen LogP contribution in [-0.4, -0.2) is 30.9 Å². The fourth-order valence-electron chi connectivity index (χ4n) is 3.85. The number of ketones is 2. The van der Waals surface area contributed by atoms with Crippen LogP contribution in [0.15, 0.2) is 54.6 Å². The minimum atomic E-state index is -0.331. The molecule has 5 nitrogen and oxygen atoms in total. The lowest BCUT2D eigenvalue weighted by Gasteiger charge is -2.22. The SMILES string of the molecule is COc1cccc2c1C(=O)c1c(OC)cc(Cc3ccccc3C(=O)S)cc1C2=O. The molecule has 1 aliphatic carbocycles. The van der Waals surface area contributed by atoms with E-state index in [4.69, 9.17) is 9.47 Å². The number of benzene rings is 3. The Morgan fingerprint density at radius 1 is 0.833 bits per heavy atom. The summed E-state index contributed by atoms with van der Waals surface area (Å²) in [6.07, 6.45) is 0.387. The number of ether oxygens (including phenoxy) is 2. The summed E-state index contributed by atoms with van der Waals surface area (Å²) in [7, 11) is 2.92. The summed E-state index contributed by atoms with van der Waals surface area (Å²) in [4.78, 5) is 38.3. The third-order valence-electron chi connectivity index (χ3n) is 5.21. The molecule has 0 amide bonds. The molecule has 0 radical (unpaired) electrons. The van der Waals surface area contributed by atoms with Crippen LogP contribution in [0.2, 0.25) is 0 Å². The number of rotatable bonds is 5. The van der Waals surface area contributed by atoms with Crippen molar-refractivity contribution in [2.45, 2.75) is 6.42 Å². The zero-order chi connectivity index (χ0) is 21.4. The molecular formula is C24H18O5S. The lowest BCUT2D eigenvalue weighted by atomic mass is 9.81. The third-order valence-corrected chi connectivity index (χ3v) is 5.45. The van der Waals surface area contributed by atoms with Crippen molar-refractivity contribution in [1.82, 2.24) is 0 Å². The van der Waals surface area contributed by atoms with Crippen molar-refractivity contribution >= 4 is 29.3 Å². The van der Waals surface area contributed by atoms with Crippen LogP contribution in [0.3, 0.4) is 0 Å². The molecule has 0 N–H and O–H groups in total. The van der Waals surface area contributed by atoms with Crippen LogP contribution < -0.4 is 9.47 Å². The van der Waals surface area contributed by atoms with Crippen LogP contribution in [0.1, 0.15) is 53.3 Å². The number of carbonyl (C=O) groups excluding carboxylic acids is 3. The monoisotopic (exact) mass is 418 g/mol. The zero-order valence-electron chi connectivity index (χ0n) is 16.4. The third kappa shape index (κ3) is 3.19. The van der Waals surface area contributed by atoms with Crippen LogP contribution in [0.25, 0.3) is 0 Å². The molecule has 3 aromatic carbocycles. The van der Waals surface area contributed by atoms with E-state index in [0.717, 1.165) is 11.1 Å². The van der Waals surface area contributed by atoms with E-state index in [-0.39, 0.29) is 33.4 Å². The minimum absolute atomic E-state index is 0.224. The predicted octanol–water partition coefficient (Wildman–Crippen LogP) is 4.14. The molecule has 150 valence electrons. The van der Waals surface area contributed by atoms with Crippen molar-refractivity contribution in [3.05, 3.63) is 93.5 Å². The van der Waals surface area contributed by atoms with Crippen molar-refractivity contribution in [3.63, 3.8) is 0 Å². The van der Waals surface area contributed by atoms with Gasteiger partial charge in [0.2, 0.25) is 10.9 Å². The maximum atomic E-state index is 13.3. The Morgan fingerprint density at radius 3 is 2.23 bits per heavy atom. The highest BCUT2D eigenvalue weighted by molar-refractivity contribution is 7.97. The summed E-state index contributed by atoms with van der Waals surface area (Å²) < 4.78 is 10.8. The van der Waals surface area contributed by atoms with Crippen molar-refractivity contribution in [3.8, 4) is 11.5 Å². The molecule has 0 spiro atoms. The number of thiol groups is 1. The van der Waals surface area contributed by atoms with E-state index in [1.807, 2.05) is 12.1 Å². The van der Waals surface area contributed by atoms with Gasteiger partial charge in [0.1, 0.15) is 11.5 Å². The number of fused-ring (bicyclic) bond motifs is 2. The maximum Gasteiger partial charge on any atom is 0.216 e. The summed E-state index contributed by atoms with van der Waals surface area (Å²) in [5.74, 6) is 0.0829. The van der Waals surface area contributed by atoms with Gasteiger partial charge in [0.25, 0.3) is 0 Å². The van der Waals surface area contributed by atoms with Gasteiger partial charge < -0.3 is 9.47 Å². The van der Waals surface area contributed by atoms with Crippen molar-refractivity contribution in [2.24, 2.45) is 0 Å². The average Bonchev–Trinajstić information content (AvgIpc) is 2.76. The van der Waals surface area contributed by atoms with Gasteiger partial charge in [0.15, 0.2) is 5.78 Å². The highest BCUT2D eigenvalue weighted by atomic mass is 32.1. The van der Waals surface area contributed by atoms with Gasteiger partial charge in [-0.2, -0.15) is 0 Å². The Morgan fingerprint density at radius 2 is 1.53 bits per heavy atom. The smallest absolute Gasteiger partial charge is 0.216 e. The van der Waals surface area contributed by atoms with Gasteiger partial charge in [-0.05, 0) is 35.7 Å². The quantitative estimate of drug-likeness (QED) is 0.494. The fourth-order valence-corrected chi connectivity index (χ4v) is 4.06. The first-order valence-corrected chi connectivity index (χ1v) is 9.69. The van der Waals surface area contributed by atoms with Crippen LogP contribution in [0.5, 0.6) is 11.5 Å². The van der Waals surface area contributed by atoms with Gasteiger partial charge in [-0.15, -0.1) is 12.6 Å². The molecular weight excluding hydrogens is 400 g/mol. The molecule has 0 bridgehead atoms. The van der Waals surface area contributed by atoms with Crippen molar-refractivity contribution < 1.29 is 23.9 Å². The first-order valence-electron chi connectivity index (χ1n) is 9.24. The highest BCUT2D eigenvalue weighted by Gasteiger charge is 2.35. The molecule has 0 unspecified atom stereocenters. The Hall–Kier alpha value is -3.38. The molecule has 0 fully saturated rings. The lowest BCUT2D eigenvalue weighted by Crippen LogP contribution is -2.23. The molecule has 0 aromatic heterocycles. The first kappa shape index (κ1) is 19.9. The first-order chi connectivity index (χ1) is 14.5. The van der Waals surface area contributed by atoms with Gasteiger partial charge >= 0.3 is 0 Å². The number of hydrogen-bond donors (Lipinski definition) is 1. The summed E-state index contributed by atoms with van der Waals surface area (Å²) in [6, 6.07) is 15.5. The Labute approximate surface area is 179 Å². The summed E-state index contributed by atoms with van der Waals surface area (Å²) in [5, 5.41) is -0.331. The van der Waals surface area contributed by atoms with Crippen LogP contribution in [0, 0.1) is 0 Å². The zero-order valence-corrected chi connectivity index (χ0v) is 17.3. The largest absolute Gasteiger partial charge is 0.496 e. The van der Waals surface area contributed by atoms with Gasteiger partial charge in [0, 0.05) is 16.7 Å². The number of hydrogen-bond acceptors (Lipinski definition) is 5. The Balaban J connectivity index is 1.86. The molecule has 0 saturated heterocycles. The van der Waals surface area contributed by atoms with Crippen LogP contribution in [-0.2, 0) is 6.42 Å². The molecule has 3 aromatic rings. The Bertz CT molecular complexity index is 1210. The van der Waals surface area contributed by atoms with Crippen LogP contribution >= 0.6 is 12.6 Å². The normalized spacial score (nSPS) is 12.2. The van der Waals surface area contributed by atoms with Crippen molar-refractivity contribution in [2.75, 3.05) is 14.2 Å².